The molecule has 0 fully saturated rings. The van der Waals surface area contributed by atoms with Crippen LogP contribution in [0, 0.1) is 6.92 Å². The third-order valence-electron chi connectivity index (χ3n) is 2.30. The van der Waals surface area contributed by atoms with Crippen molar-refractivity contribution >= 4 is 17.4 Å². The van der Waals surface area contributed by atoms with E-state index in [-0.39, 0.29) is 0 Å². The maximum absolute atomic E-state index is 4.63. The summed E-state index contributed by atoms with van der Waals surface area (Å²) in [5.41, 5.74) is 2.74. The lowest BCUT2D eigenvalue weighted by atomic mass is 10.3. The van der Waals surface area contributed by atoms with Crippen molar-refractivity contribution in [3.8, 4) is 0 Å². The fraction of sp³-hybridized carbons (Fsp3) is 0.273. The maximum Gasteiger partial charge on any atom is 0.127 e. The van der Waals surface area contributed by atoms with Crippen LogP contribution < -0.4 is 5.32 Å². The molecule has 2 rings (SSSR count). The summed E-state index contributed by atoms with van der Waals surface area (Å²) < 4.78 is 4.63. The molecule has 4 nitrogen and oxygen atoms in total. The van der Waals surface area contributed by atoms with E-state index in [4.69, 9.17) is 0 Å². The number of nitrogens with one attached hydrogen (secondary N) is 1. The zero-order valence-electron chi connectivity index (χ0n) is 9.23. The van der Waals surface area contributed by atoms with Gasteiger partial charge < -0.3 is 5.32 Å². The molecule has 1 heterocycles. The van der Waals surface area contributed by atoms with Gasteiger partial charge in [-0.3, -0.25) is 0 Å². The molecule has 0 aliphatic rings. The van der Waals surface area contributed by atoms with Gasteiger partial charge in [-0.1, -0.05) is 10.3 Å². The van der Waals surface area contributed by atoms with Crippen molar-refractivity contribution < 1.29 is 4.63 Å². The van der Waals surface area contributed by atoms with Gasteiger partial charge in [0.2, 0.25) is 0 Å². The quantitative estimate of drug-likeness (QED) is 0.826. The molecule has 84 valence electrons. The van der Waals surface area contributed by atoms with Gasteiger partial charge in [0.05, 0.1) is 6.54 Å². The number of rotatable bonds is 4. The average Bonchev–Trinajstić information content (AvgIpc) is 2.73. The Hall–Kier alpha value is -1.49. The Morgan fingerprint density at radius 1 is 1.25 bits per heavy atom. The zero-order chi connectivity index (χ0) is 11.4. The second-order valence-corrected chi connectivity index (χ2v) is 4.26. The summed E-state index contributed by atoms with van der Waals surface area (Å²) in [7, 11) is 0. The molecule has 0 radical (unpaired) electrons. The lowest BCUT2D eigenvalue weighted by Crippen LogP contribution is -2.00. The average molecular weight is 235 g/mol. The van der Waals surface area contributed by atoms with Crippen LogP contribution in [-0.2, 0) is 6.54 Å². The summed E-state index contributed by atoms with van der Waals surface area (Å²) in [6, 6.07) is 8.27. The van der Waals surface area contributed by atoms with Crippen molar-refractivity contribution in [1.29, 1.82) is 0 Å². The summed E-state index contributed by atoms with van der Waals surface area (Å²) in [5, 5.41) is 10.8. The summed E-state index contributed by atoms with van der Waals surface area (Å²) >= 11 is 1.73. The first-order valence-electron chi connectivity index (χ1n) is 4.95. The van der Waals surface area contributed by atoms with Crippen LogP contribution in [0.5, 0.6) is 0 Å². The van der Waals surface area contributed by atoms with Crippen molar-refractivity contribution in [2.75, 3.05) is 11.6 Å². The van der Waals surface area contributed by atoms with Crippen LogP contribution in [0.3, 0.4) is 0 Å². The number of aryl methyl sites for hydroxylation is 1. The van der Waals surface area contributed by atoms with Gasteiger partial charge in [-0.25, -0.2) is 4.63 Å². The van der Waals surface area contributed by atoms with Crippen LogP contribution in [0.1, 0.15) is 11.4 Å². The van der Waals surface area contributed by atoms with Crippen LogP contribution in [0.15, 0.2) is 33.8 Å². The van der Waals surface area contributed by atoms with Gasteiger partial charge >= 0.3 is 0 Å². The predicted molar refractivity (Wildman–Crippen MR) is 64.6 cm³/mol. The van der Waals surface area contributed by atoms with E-state index in [0.29, 0.717) is 6.54 Å². The van der Waals surface area contributed by atoms with Gasteiger partial charge in [0.15, 0.2) is 0 Å². The highest BCUT2D eigenvalue weighted by molar-refractivity contribution is 7.98. The largest absolute Gasteiger partial charge is 0.379 e. The van der Waals surface area contributed by atoms with Crippen molar-refractivity contribution in [1.82, 2.24) is 10.3 Å². The number of anilines is 1. The molecule has 0 saturated heterocycles. The Bertz CT molecular complexity index is 453. The van der Waals surface area contributed by atoms with Gasteiger partial charge in [0.25, 0.3) is 0 Å². The van der Waals surface area contributed by atoms with Crippen molar-refractivity contribution in [3.05, 3.63) is 35.7 Å². The standard InChI is InChI=1S/C11H13N3OS/c1-8-11(14-15-13-8)7-12-9-3-5-10(16-2)6-4-9/h3-6,12H,7H2,1-2H3. The number of thioether (sulfide) groups is 1. The topological polar surface area (TPSA) is 51.0 Å². The minimum absolute atomic E-state index is 0.633. The van der Waals surface area contributed by atoms with E-state index in [9.17, 15) is 0 Å². The highest BCUT2D eigenvalue weighted by Gasteiger charge is 2.03. The second-order valence-electron chi connectivity index (χ2n) is 3.38. The van der Waals surface area contributed by atoms with Gasteiger partial charge in [-0.05, 0) is 37.4 Å². The van der Waals surface area contributed by atoms with E-state index >= 15 is 0 Å². The third-order valence-corrected chi connectivity index (χ3v) is 3.04. The van der Waals surface area contributed by atoms with Crippen molar-refractivity contribution in [3.63, 3.8) is 0 Å². The lowest BCUT2D eigenvalue weighted by molar-refractivity contribution is 0.301. The van der Waals surface area contributed by atoms with E-state index < -0.39 is 0 Å². The van der Waals surface area contributed by atoms with E-state index in [2.05, 4.69) is 50.8 Å². The molecule has 0 unspecified atom stereocenters. The number of hydrogen-bond donors (Lipinski definition) is 1. The fourth-order valence-corrected chi connectivity index (χ4v) is 1.71. The highest BCUT2D eigenvalue weighted by Crippen LogP contribution is 2.17. The number of hydrogen-bond acceptors (Lipinski definition) is 5. The van der Waals surface area contributed by atoms with Gasteiger partial charge in [0.1, 0.15) is 11.4 Å². The van der Waals surface area contributed by atoms with Crippen LogP contribution in [0.4, 0.5) is 5.69 Å². The van der Waals surface area contributed by atoms with E-state index in [0.717, 1.165) is 17.1 Å². The lowest BCUT2D eigenvalue weighted by Gasteiger charge is -2.04. The smallest absolute Gasteiger partial charge is 0.127 e. The van der Waals surface area contributed by atoms with Gasteiger partial charge in [-0.2, -0.15) is 0 Å². The molecule has 0 aliphatic carbocycles. The summed E-state index contributed by atoms with van der Waals surface area (Å²) in [6.45, 7) is 2.51. The highest BCUT2D eigenvalue weighted by atomic mass is 32.2. The second kappa shape index (κ2) is 5.03. The van der Waals surface area contributed by atoms with Crippen LogP contribution in [0.2, 0.25) is 0 Å². The Kier molecular flexibility index (Phi) is 3.46. The van der Waals surface area contributed by atoms with E-state index in [1.165, 1.54) is 4.90 Å². The molecule has 5 heteroatoms. The summed E-state index contributed by atoms with van der Waals surface area (Å²) in [4.78, 5) is 1.25. The molecule has 0 saturated carbocycles. The first kappa shape index (κ1) is 11.0. The monoisotopic (exact) mass is 235 g/mol. The zero-order valence-corrected chi connectivity index (χ0v) is 10.0. The maximum atomic E-state index is 4.63. The number of nitrogens with zero attached hydrogens (tertiary/aromatic N) is 2. The first-order valence-corrected chi connectivity index (χ1v) is 6.18. The number of aromatic nitrogens is 2. The molecule has 0 bridgehead atoms. The normalized spacial score (nSPS) is 10.4. The minimum Gasteiger partial charge on any atom is -0.379 e. The molecule has 1 aromatic heterocycles. The molecule has 0 spiro atoms. The van der Waals surface area contributed by atoms with Gasteiger partial charge in [-0.15, -0.1) is 11.8 Å². The molecule has 1 aromatic carbocycles. The Balaban J connectivity index is 1.97. The van der Waals surface area contributed by atoms with Crippen LogP contribution in [0.25, 0.3) is 0 Å². The Morgan fingerprint density at radius 3 is 2.56 bits per heavy atom. The summed E-state index contributed by atoms with van der Waals surface area (Å²) in [6.07, 6.45) is 2.06. The minimum atomic E-state index is 0.633. The van der Waals surface area contributed by atoms with Gasteiger partial charge in [0, 0.05) is 10.6 Å². The van der Waals surface area contributed by atoms with Crippen molar-refractivity contribution in [2.24, 2.45) is 0 Å². The number of benzene rings is 1. The molecule has 0 aliphatic heterocycles. The van der Waals surface area contributed by atoms with E-state index in [1.54, 1.807) is 11.8 Å². The molecular formula is C11H13N3OS. The Labute approximate surface area is 98.4 Å². The van der Waals surface area contributed by atoms with Crippen LogP contribution >= 0.6 is 11.8 Å². The molecule has 16 heavy (non-hydrogen) atoms. The Morgan fingerprint density at radius 2 is 2.00 bits per heavy atom. The predicted octanol–water partition coefficient (Wildman–Crippen LogP) is 2.71. The molecule has 2 aromatic rings. The molecular weight excluding hydrogens is 222 g/mol. The molecule has 0 amide bonds. The SMILES string of the molecule is CSc1ccc(NCc2nonc2C)cc1. The fourth-order valence-electron chi connectivity index (χ4n) is 1.30. The third kappa shape index (κ3) is 2.55. The first-order chi connectivity index (χ1) is 7.79. The van der Waals surface area contributed by atoms with Crippen LogP contribution in [-0.4, -0.2) is 16.6 Å². The van der Waals surface area contributed by atoms with E-state index in [1.807, 2.05) is 6.92 Å². The molecule has 0 atom stereocenters. The van der Waals surface area contributed by atoms with Crippen molar-refractivity contribution in [2.45, 2.75) is 18.4 Å². The summed E-state index contributed by atoms with van der Waals surface area (Å²) in [5.74, 6) is 0. The molecule has 1 N–H and O–H groups in total.